The number of rotatable bonds is 6. The Labute approximate surface area is 96.6 Å². The number of methoxy groups -OCH3 is 1. The minimum absolute atomic E-state index is 0.00708. The first-order valence-corrected chi connectivity index (χ1v) is 5.56. The van der Waals surface area contributed by atoms with Gasteiger partial charge in [-0.15, -0.1) is 0 Å². The molecule has 0 saturated heterocycles. The van der Waals surface area contributed by atoms with Crippen LogP contribution in [0.3, 0.4) is 0 Å². The Morgan fingerprint density at radius 3 is 2.88 bits per heavy atom. The van der Waals surface area contributed by atoms with E-state index in [-0.39, 0.29) is 5.78 Å². The Balaban J connectivity index is 2.71. The van der Waals surface area contributed by atoms with Crippen LogP contribution in [-0.2, 0) is 11.2 Å². The molecule has 0 saturated carbocycles. The third-order valence-corrected chi connectivity index (χ3v) is 2.59. The number of hydrogen-bond donors (Lipinski definition) is 1. The fraction of sp³-hybridized carbons (Fsp3) is 0.462. The molecule has 0 heterocycles. The van der Waals surface area contributed by atoms with E-state index in [0.29, 0.717) is 18.6 Å². The van der Waals surface area contributed by atoms with Crippen LogP contribution in [-0.4, -0.2) is 25.5 Å². The van der Waals surface area contributed by atoms with Gasteiger partial charge < -0.3 is 10.5 Å². The standard InChI is InChI=1S/C13H19NO2/c1-3-10-5-4-6-11(9-10)13(15)12(14)7-8-16-2/h4-6,9,12H,3,7-8,14H2,1-2H3. The average Bonchev–Trinajstić information content (AvgIpc) is 2.35. The summed E-state index contributed by atoms with van der Waals surface area (Å²) in [5.74, 6) is -0.00708. The van der Waals surface area contributed by atoms with Crippen LogP contribution in [0.5, 0.6) is 0 Å². The summed E-state index contributed by atoms with van der Waals surface area (Å²) < 4.78 is 4.91. The first-order chi connectivity index (χ1) is 7.69. The fourth-order valence-corrected chi connectivity index (χ4v) is 1.53. The van der Waals surface area contributed by atoms with Crippen molar-refractivity contribution in [2.45, 2.75) is 25.8 Å². The van der Waals surface area contributed by atoms with Crippen LogP contribution in [0.2, 0.25) is 0 Å². The lowest BCUT2D eigenvalue weighted by Gasteiger charge is -2.10. The molecule has 3 nitrogen and oxygen atoms in total. The summed E-state index contributed by atoms with van der Waals surface area (Å²) in [5, 5.41) is 0. The number of aryl methyl sites for hydroxylation is 1. The summed E-state index contributed by atoms with van der Waals surface area (Å²) in [6.45, 7) is 2.58. The maximum Gasteiger partial charge on any atom is 0.179 e. The van der Waals surface area contributed by atoms with Crippen molar-refractivity contribution < 1.29 is 9.53 Å². The highest BCUT2D eigenvalue weighted by molar-refractivity contribution is 6.00. The number of benzene rings is 1. The van der Waals surface area contributed by atoms with Crippen LogP contribution < -0.4 is 5.73 Å². The molecule has 0 aliphatic heterocycles. The summed E-state index contributed by atoms with van der Waals surface area (Å²) in [6.07, 6.45) is 1.49. The Bertz CT molecular complexity index is 350. The van der Waals surface area contributed by atoms with E-state index in [0.717, 1.165) is 12.0 Å². The third-order valence-electron chi connectivity index (χ3n) is 2.59. The number of nitrogens with two attached hydrogens (primary N) is 1. The van der Waals surface area contributed by atoms with Crippen molar-refractivity contribution in [3.8, 4) is 0 Å². The molecule has 16 heavy (non-hydrogen) atoms. The SMILES string of the molecule is CCc1cccc(C(=O)C(N)CCOC)c1. The zero-order valence-electron chi connectivity index (χ0n) is 9.90. The normalized spacial score (nSPS) is 12.4. The monoisotopic (exact) mass is 221 g/mol. The Morgan fingerprint density at radius 1 is 1.50 bits per heavy atom. The van der Waals surface area contributed by atoms with Crippen molar-refractivity contribution in [1.29, 1.82) is 0 Å². The first kappa shape index (κ1) is 12.9. The first-order valence-electron chi connectivity index (χ1n) is 5.56. The van der Waals surface area contributed by atoms with E-state index in [1.54, 1.807) is 7.11 Å². The number of carbonyl (C=O) groups excluding carboxylic acids is 1. The second kappa shape index (κ2) is 6.40. The summed E-state index contributed by atoms with van der Waals surface area (Å²) in [6, 6.07) is 7.17. The van der Waals surface area contributed by atoms with Gasteiger partial charge in [-0.3, -0.25) is 4.79 Å². The number of carbonyl (C=O) groups is 1. The fourth-order valence-electron chi connectivity index (χ4n) is 1.53. The highest BCUT2D eigenvalue weighted by Crippen LogP contribution is 2.09. The molecule has 88 valence electrons. The molecule has 0 aliphatic carbocycles. The minimum atomic E-state index is -0.466. The molecule has 0 aromatic heterocycles. The lowest BCUT2D eigenvalue weighted by atomic mass is 10.00. The largest absolute Gasteiger partial charge is 0.385 e. The van der Waals surface area contributed by atoms with Crippen LogP contribution in [0.25, 0.3) is 0 Å². The minimum Gasteiger partial charge on any atom is -0.385 e. The van der Waals surface area contributed by atoms with Crippen molar-refractivity contribution in [3.05, 3.63) is 35.4 Å². The lowest BCUT2D eigenvalue weighted by molar-refractivity contribution is 0.0935. The molecule has 0 bridgehead atoms. The Kier molecular flexibility index (Phi) is 5.15. The van der Waals surface area contributed by atoms with Gasteiger partial charge in [0.2, 0.25) is 0 Å². The van der Waals surface area contributed by atoms with E-state index < -0.39 is 6.04 Å². The zero-order valence-corrected chi connectivity index (χ0v) is 9.90. The van der Waals surface area contributed by atoms with Crippen molar-refractivity contribution in [1.82, 2.24) is 0 Å². The van der Waals surface area contributed by atoms with Gasteiger partial charge in [0.15, 0.2) is 5.78 Å². The smallest absolute Gasteiger partial charge is 0.179 e. The molecule has 0 aliphatic rings. The summed E-state index contributed by atoms with van der Waals surface area (Å²) in [5.41, 5.74) is 7.65. The van der Waals surface area contributed by atoms with Gasteiger partial charge in [-0.1, -0.05) is 25.1 Å². The Morgan fingerprint density at radius 2 is 2.25 bits per heavy atom. The summed E-state index contributed by atoms with van der Waals surface area (Å²) >= 11 is 0. The van der Waals surface area contributed by atoms with Gasteiger partial charge in [0.05, 0.1) is 6.04 Å². The van der Waals surface area contributed by atoms with E-state index in [4.69, 9.17) is 10.5 Å². The molecule has 0 amide bonds. The van der Waals surface area contributed by atoms with Crippen LogP contribution in [0.4, 0.5) is 0 Å². The maximum absolute atomic E-state index is 11.9. The predicted molar refractivity (Wildman–Crippen MR) is 64.6 cm³/mol. The molecular weight excluding hydrogens is 202 g/mol. The highest BCUT2D eigenvalue weighted by Gasteiger charge is 2.15. The molecule has 3 heteroatoms. The van der Waals surface area contributed by atoms with Crippen molar-refractivity contribution in [2.75, 3.05) is 13.7 Å². The molecule has 0 fully saturated rings. The molecular formula is C13H19NO2. The molecule has 1 unspecified atom stereocenters. The van der Waals surface area contributed by atoms with Gasteiger partial charge in [0.1, 0.15) is 0 Å². The zero-order chi connectivity index (χ0) is 12.0. The predicted octanol–water partition coefficient (Wildman–Crippen LogP) is 1.80. The van der Waals surface area contributed by atoms with Crippen molar-refractivity contribution in [2.24, 2.45) is 5.73 Å². The summed E-state index contributed by atoms with van der Waals surface area (Å²) in [7, 11) is 1.61. The van der Waals surface area contributed by atoms with E-state index >= 15 is 0 Å². The molecule has 2 N–H and O–H groups in total. The van der Waals surface area contributed by atoms with E-state index in [1.165, 1.54) is 0 Å². The molecule has 0 radical (unpaired) electrons. The van der Waals surface area contributed by atoms with Gasteiger partial charge in [0.25, 0.3) is 0 Å². The van der Waals surface area contributed by atoms with E-state index in [1.807, 2.05) is 24.3 Å². The van der Waals surface area contributed by atoms with Gasteiger partial charge in [-0.2, -0.15) is 0 Å². The quantitative estimate of drug-likeness (QED) is 0.745. The number of Topliss-reactive ketones (excluding diaryl/α,β-unsaturated/α-hetero) is 1. The van der Waals surface area contributed by atoms with Crippen LogP contribution in [0.15, 0.2) is 24.3 Å². The molecule has 1 rings (SSSR count). The number of hydrogen-bond acceptors (Lipinski definition) is 3. The second-order valence-corrected chi connectivity index (χ2v) is 3.81. The molecule has 0 spiro atoms. The molecule has 1 aromatic carbocycles. The van der Waals surface area contributed by atoms with Crippen LogP contribution in [0, 0.1) is 0 Å². The summed E-state index contributed by atoms with van der Waals surface area (Å²) in [4.78, 5) is 11.9. The van der Waals surface area contributed by atoms with Crippen LogP contribution in [0.1, 0.15) is 29.3 Å². The van der Waals surface area contributed by atoms with Gasteiger partial charge in [-0.25, -0.2) is 0 Å². The second-order valence-electron chi connectivity index (χ2n) is 3.81. The van der Waals surface area contributed by atoms with E-state index in [2.05, 4.69) is 6.92 Å². The number of ketones is 1. The lowest BCUT2D eigenvalue weighted by Crippen LogP contribution is -2.31. The maximum atomic E-state index is 11.9. The van der Waals surface area contributed by atoms with Crippen molar-refractivity contribution in [3.63, 3.8) is 0 Å². The Hall–Kier alpha value is -1.19. The average molecular weight is 221 g/mol. The van der Waals surface area contributed by atoms with Crippen molar-refractivity contribution >= 4 is 5.78 Å². The van der Waals surface area contributed by atoms with E-state index in [9.17, 15) is 4.79 Å². The topological polar surface area (TPSA) is 52.3 Å². The third kappa shape index (κ3) is 3.43. The van der Waals surface area contributed by atoms with Gasteiger partial charge in [-0.05, 0) is 24.5 Å². The van der Waals surface area contributed by atoms with Gasteiger partial charge in [0, 0.05) is 19.3 Å². The highest BCUT2D eigenvalue weighted by atomic mass is 16.5. The van der Waals surface area contributed by atoms with Gasteiger partial charge >= 0.3 is 0 Å². The number of ether oxygens (including phenoxy) is 1. The molecule has 1 aromatic rings. The van der Waals surface area contributed by atoms with Crippen LogP contribution >= 0.6 is 0 Å². The molecule has 1 atom stereocenters.